The summed E-state index contributed by atoms with van der Waals surface area (Å²) in [5, 5.41) is 59.2. The number of aliphatic hydroxyl groups is 5. The Balaban J connectivity index is 1.52. The van der Waals surface area contributed by atoms with Gasteiger partial charge in [0.25, 0.3) is 0 Å². The molecule has 8 atom stereocenters. The first kappa shape index (κ1) is 24.4. The molecule has 1 unspecified atom stereocenters. The summed E-state index contributed by atoms with van der Waals surface area (Å²) in [5.74, 6) is -0.584. The Labute approximate surface area is 182 Å². The van der Waals surface area contributed by atoms with Crippen LogP contribution in [0.15, 0.2) is 24.3 Å². The van der Waals surface area contributed by atoms with Crippen LogP contribution in [0.5, 0.6) is 11.5 Å². The van der Waals surface area contributed by atoms with Gasteiger partial charge in [-0.3, -0.25) is 0 Å². The van der Waals surface area contributed by atoms with Gasteiger partial charge in [0.15, 0.2) is 24.1 Å². The number of esters is 1. The van der Waals surface area contributed by atoms with Gasteiger partial charge in [-0.2, -0.15) is 0 Å². The Kier molecular flexibility index (Phi) is 8.03. The van der Waals surface area contributed by atoms with E-state index in [1.807, 2.05) is 0 Å². The van der Waals surface area contributed by atoms with Crippen LogP contribution in [0.2, 0.25) is 0 Å². The molecule has 0 bridgehead atoms. The fourth-order valence-electron chi connectivity index (χ4n) is 3.22. The second kappa shape index (κ2) is 10.6. The zero-order chi connectivity index (χ0) is 23.4. The quantitative estimate of drug-likeness (QED) is 0.193. The molecule has 32 heavy (non-hydrogen) atoms. The highest BCUT2D eigenvalue weighted by Gasteiger charge is 2.48. The standard InChI is InChI=1S/C20H26O12/c1-28-12-6-9(2-4-10(12)21)3-5-14(23)29-8-13-16(25)17(26)20(31-13)32-18-15(24)11(22)7-30-19(18)27/h2-6,11,13,15-22,24-27H,7-8H2,1H3/b5-3+/t11-,13+,15+,16+,17-,18-,19?,20-/m1/s1. The van der Waals surface area contributed by atoms with Crippen molar-refractivity contribution in [3.8, 4) is 11.5 Å². The number of phenolic OH excluding ortho intramolecular Hbond substituents is 1. The lowest BCUT2D eigenvalue weighted by molar-refractivity contribution is -0.307. The Morgan fingerprint density at radius 1 is 1.16 bits per heavy atom. The Morgan fingerprint density at radius 3 is 2.62 bits per heavy atom. The highest BCUT2D eigenvalue weighted by atomic mass is 16.7. The molecule has 0 aliphatic carbocycles. The summed E-state index contributed by atoms with van der Waals surface area (Å²) in [6, 6.07) is 4.47. The van der Waals surface area contributed by atoms with E-state index in [0.717, 1.165) is 6.08 Å². The van der Waals surface area contributed by atoms with Crippen molar-refractivity contribution < 1.29 is 59.1 Å². The van der Waals surface area contributed by atoms with Gasteiger partial charge in [0.1, 0.15) is 43.2 Å². The molecule has 0 amide bonds. The van der Waals surface area contributed by atoms with E-state index in [2.05, 4.69) is 0 Å². The monoisotopic (exact) mass is 458 g/mol. The molecular formula is C20H26O12. The van der Waals surface area contributed by atoms with Gasteiger partial charge in [0.05, 0.1) is 13.7 Å². The van der Waals surface area contributed by atoms with E-state index in [1.54, 1.807) is 6.07 Å². The number of carbonyl (C=O) groups excluding carboxylic acids is 1. The fourth-order valence-corrected chi connectivity index (χ4v) is 3.22. The molecule has 2 aliphatic heterocycles. The molecule has 178 valence electrons. The summed E-state index contributed by atoms with van der Waals surface area (Å²) in [4.78, 5) is 12.0. The van der Waals surface area contributed by atoms with Crippen molar-refractivity contribution >= 4 is 12.0 Å². The van der Waals surface area contributed by atoms with Crippen LogP contribution in [-0.4, -0.2) is 106 Å². The van der Waals surface area contributed by atoms with Crippen molar-refractivity contribution in [2.24, 2.45) is 0 Å². The van der Waals surface area contributed by atoms with Crippen LogP contribution in [0.1, 0.15) is 5.56 Å². The first-order valence-corrected chi connectivity index (χ1v) is 9.76. The van der Waals surface area contributed by atoms with Crippen LogP contribution in [0, 0.1) is 0 Å². The predicted octanol–water partition coefficient (Wildman–Crippen LogP) is -2.14. The van der Waals surface area contributed by atoms with E-state index in [0.29, 0.717) is 5.56 Å². The number of hydrogen-bond donors (Lipinski definition) is 6. The molecule has 2 heterocycles. The average molecular weight is 458 g/mol. The molecular weight excluding hydrogens is 432 g/mol. The summed E-state index contributed by atoms with van der Waals surface area (Å²) in [6.45, 7) is -0.725. The minimum Gasteiger partial charge on any atom is -0.504 e. The van der Waals surface area contributed by atoms with Crippen molar-refractivity contribution in [1.29, 1.82) is 0 Å². The first-order valence-electron chi connectivity index (χ1n) is 9.76. The topological polar surface area (TPSA) is 185 Å². The fraction of sp³-hybridized carbons (Fsp3) is 0.550. The van der Waals surface area contributed by atoms with Gasteiger partial charge in [-0.15, -0.1) is 0 Å². The molecule has 12 nitrogen and oxygen atoms in total. The Morgan fingerprint density at radius 2 is 1.91 bits per heavy atom. The van der Waals surface area contributed by atoms with E-state index >= 15 is 0 Å². The van der Waals surface area contributed by atoms with Crippen LogP contribution in [0.25, 0.3) is 6.08 Å². The summed E-state index contributed by atoms with van der Waals surface area (Å²) in [7, 11) is 1.39. The molecule has 12 heteroatoms. The van der Waals surface area contributed by atoms with E-state index in [1.165, 1.54) is 25.3 Å². The lowest BCUT2D eigenvalue weighted by atomic mass is 10.1. The number of carbonyl (C=O) groups is 1. The normalized spacial score (nSPS) is 35.2. The van der Waals surface area contributed by atoms with Gasteiger partial charge < -0.3 is 54.3 Å². The van der Waals surface area contributed by atoms with Crippen LogP contribution < -0.4 is 4.74 Å². The second-order valence-corrected chi connectivity index (χ2v) is 7.30. The van der Waals surface area contributed by atoms with Gasteiger partial charge >= 0.3 is 5.97 Å². The third-order valence-corrected chi connectivity index (χ3v) is 5.06. The van der Waals surface area contributed by atoms with Crippen molar-refractivity contribution in [1.82, 2.24) is 0 Å². The number of aromatic hydroxyl groups is 1. The lowest BCUT2D eigenvalue weighted by Crippen LogP contribution is -2.56. The van der Waals surface area contributed by atoms with E-state index in [4.69, 9.17) is 23.7 Å². The molecule has 1 aromatic rings. The number of hydrogen-bond acceptors (Lipinski definition) is 12. The largest absolute Gasteiger partial charge is 0.504 e. The van der Waals surface area contributed by atoms with Gasteiger partial charge in [0.2, 0.25) is 0 Å². The summed E-state index contributed by atoms with van der Waals surface area (Å²) in [6.07, 6.45) is -8.98. The van der Waals surface area contributed by atoms with Gasteiger partial charge in [-0.1, -0.05) is 6.07 Å². The van der Waals surface area contributed by atoms with Crippen molar-refractivity contribution in [2.75, 3.05) is 20.3 Å². The maximum absolute atomic E-state index is 12.0. The van der Waals surface area contributed by atoms with Crippen molar-refractivity contribution in [2.45, 2.75) is 49.2 Å². The SMILES string of the molecule is COc1cc(/C=C/C(=O)OC[C@@H]2O[C@H](O[C@H]3C(O)OC[C@@H](O)[C@@H]3O)[C@H](O)[C@H]2O)ccc1O. The van der Waals surface area contributed by atoms with Gasteiger partial charge in [0, 0.05) is 6.08 Å². The third-order valence-electron chi connectivity index (χ3n) is 5.06. The second-order valence-electron chi connectivity index (χ2n) is 7.30. The summed E-state index contributed by atoms with van der Waals surface area (Å²) >= 11 is 0. The molecule has 2 fully saturated rings. The molecule has 0 saturated carbocycles. The molecule has 0 spiro atoms. The minimum atomic E-state index is -1.58. The van der Waals surface area contributed by atoms with Crippen molar-refractivity contribution in [3.05, 3.63) is 29.8 Å². The molecule has 2 aliphatic rings. The minimum absolute atomic E-state index is 0.0516. The van der Waals surface area contributed by atoms with Crippen LogP contribution in [-0.2, 0) is 23.7 Å². The molecule has 0 aromatic heterocycles. The number of aliphatic hydroxyl groups excluding tert-OH is 5. The maximum Gasteiger partial charge on any atom is 0.330 e. The molecule has 0 radical (unpaired) electrons. The number of benzene rings is 1. The molecule has 3 rings (SSSR count). The molecule has 1 aromatic carbocycles. The van der Waals surface area contributed by atoms with Gasteiger partial charge in [-0.25, -0.2) is 4.79 Å². The Bertz CT molecular complexity index is 814. The number of methoxy groups -OCH3 is 1. The zero-order valence-electron chi connectivity index (χ0n) is 17.1. The average Bonchev–Trinajstić information content (AvgIpc) is 3.05. The van der Waals surface area contributed by atoms with Crippen LogP contribution in [0.4, 0.5) is 0 Å². The highest BCUT2D eigenvalue weighted by Crippen LogP contribution is 2.28. The van der Waals surface area contributed by atoms with Crippen molar-refractivity contribution in [3.63, 3.8) is 0 Å². The Hall–Kier alpha value is -2.29. The number of phenols is 1. The number of rotatable bonds is 7. The summed E-state index contributed by atoms with van der Waals surface area (Å²) < 4.78 is 25.5. The van der Waals surface area contributed by atoms with E-state index in [-0.39, 0.29) is 18.1 Å². The summed E-state index contributed by atoms with van der Waals surface area (Å²) in [5.41, 5.74) is 0.562. The predicted molar refractivity (Wildman–Crippen MR) is 104 cm³/mol. The van der Waals surface area contributed by atoms with Crippen LogP contribution >= 0.6 is 0 Å². The van der Waals surface area contributed by atoms with E-state index in [9.17, 15) is 35.4 Å². The van der Waals surface area contributed by atoms with Crippen LogP contribution in [0.3, 0.4) is 0 Å². The zero-order valence-corrected chi connectivity index (χ0v) is 17.1. The molecule has 2 saturated heterocycles. The third kappa shape index (κ3) is 5.54. The lowest BCUT2D eigenvalue weighted by Gasteiger charge is -2.36. The first-order chi connectivity index (χ1) is 15.2. The number of ether oxygens (including phenoxy) is 5. The smallest absolute Gasteiger partial charge is 0.330 e. The highest BCUT2D eigenvalue weighted by molar-refractivity contribution is 5.87. The van der Waals surface area contributed by atoms with Gasteiger partial charge in [-0.05, 0) is 23.8 Å². The van der Waals surface area contributed by atoms with E-state index < -0.39 is 61.8 Å². The molecule has 6 N–H and O–H groups in total. The maximum atomic E-state index is 12.0.